The Labute approximate surface area is 254 Å². The maximum atomic E-state index is 12.8. The number of aliphatic hydroxyl groups excluding tert-OH is 1. The van der Waals surface area contributed by atoms with E-state index in [0.717, 1.165) is 19.2 Å². The van der Waals surface area contributed by atoms with Gasteiger partial charge in [-0.25, -0.2) is 9.36 Å². The molecule has 3 aromatic rings. The van der Waals surface area contributed by atoms with Crippen molar-refractivity contribution in [2.45, 2.75) is 44.0 Å². The van der Waals surface area contributed by atoms with Gasteiger partial charge >= 0.3 is 5.97 Å². The van der Waals surface area contributed by atoms with E-state index in [0.29, 0.717) is 5.57 Å². The number of piperazine rings is 3. The SMILES string of the molecule is CSc1c2sc(C3=C(C(=O)O)N4C(=O)[C@H]([C@@H](C)O)[C@H]4[C@H]3C)cn2c[n+]1C(C)c1cccc([N+]23CC[N+](C)(CC2)CC3)c1. The van der Waals surface area contributed by atoms with E-state index in [9.17, 15) is 19.8 Å². The monoisotopic (exact) mass is 610 g/mol. The Morgan fingerprint density at radius 3 is 2.48 bits per heavy atom. The number of benzene rings is 1. The van der Waals surface area contributed by atoms with Gasteiger partial charge < -0.3 is 19.6 Å². The lowest BCUT2D eigenvalue weighted by atomic mass is 9.77. The molecule has 5 aliphatic heterocycles. The number of aliphatic carboxylic acids is 1. The van der Waals surface area contributed by atoms with Crippen LogP contribution in [-0.4, -0.2) is 101 Å². The average Bonchev–Trinajstić information content (AvgIpc) is 3.60. The van der Waals surface area contributed by atoms with Crippen molar-refractivity contribution in [2.24, 2.45) is 11.8 Å². The molecular weight excluding hydrogens is 571 g/mol. The molecule has 7 heterocycles. The number of quaternary nitrogens is 2. The third kappa shape index (κ3) is 3.90. The Balaban J connectivity index is 1.23. The molecule has 5 aliphatic rings. The molecule has 4 saturated heterocycles. The second-order valence-electron chi connectivity index (χ2n) is 13.0. The molecular formula is C31H40N5O4S2+3. The first-order valence-electron chi connectivity index (χ1n) is 14.9. The third-order valence-corrected chi connectivity index (χ3v) is 12.8. The normalized spacial score (nSPS) is 31.9. The molecule has 2 bridgehead atoms. The number of likely N-dealkylation sites (N-methyl/N-ethyl adjacent to an activating group) is 1. The number of rotatable bonds is 7. The minimum Gasteiger partial charge on any atom is -0.477 e. The molecule has 222 valence electrons. The van der Waals surface area contributed by atoms with Gasteiger partial charge in [-0.3, -0.25) is 9.28 Å². The highest BCUT2D eigenvalue weighted by Gasteiger charge is 2.60. The second-order valence-corrected chi connectivity index (χ2v) is 14.9. The summed E-state index contributed by atoms with van der Waals surface area (Å²) in [4.78, 5) is 28.5. The first-order chi connectivity index (χ1) is 20.0. The van der Waals surface area contributed by atoms with E-state index in [1.165, 1.54) is 59.9 Å². The van der Waals surface area contributed by atoms with Crippen molar-refractivity contribution in [1.82, 2.24) is 13.8 Å². The quantitative estimate of drug-likeness (QED) is 0.186. The van der Waals surface area contributed by atoms with Crippen LogP contribution in [0, 0.1) is 11.8 Å². The van der Waals surface area contributed by atoms with Gasteiger partial charge in [0.1, 0.15) is 62.9 Å². The van der Waals surface area contributed by atoms with Crippen molar-refractivity contribution in [3.63, 3.8) is 0 Å². The molecule has 2 N–H and O–H groups in total. The predicted octanol–water partition coefficient (Wildman–Crippen LogP) is 3.05. The number of nitrogens with zero attached hydrogens (tertiary/aromatic N) is 5. The summed E-state index contributed by atoms with van der Waals surface area (Å²) in [6.07, 6.45) is 5.40. The van der Waals surface area contributed by atoms with Crippen LogP contribution < -0.4 is 9.05 Å². The van der Waals surface area contributed by atoms with Crippen molar-refractivity contribution < 1.29 is 28.9 Å². The van der Waals surface area contributed by atoms with E-state index in [-0.39, 0.29) is 29.6 Å². The van der Waals surface area contributed by atoms with Crippen LogP contribution in [0.3, 0.4) is 0 Å². The van der Waals surface area contributed by atoms with Crippen LogP contribution in [0.5, 0.6) is 0 Å². The Morgan fingerprint density at radius 1 is 1.17 bits per heavy atom. The minimum absolute atomic E-state index is 0.0599. The van der Waals surface area contributed by atoms with Crippen molar-refractivity contribution in [3.8, 4) is 0 Å². The highest BCUT2D eigenvalue weighted by atomic mass is 32.2. The number of amides is 1. The van der Waals surface area contributed by atoms with Crippen LogP contribution in [0.15, 0.2) is 47.5 Å². The summed E-state index contributed by atoms with van der Waals surface area (Å²) in [6, 6.07) is 8.99. The van der Waals surface area contributed by atoms with E-state index in [4.69, 9.17) is 0 Å². The molecule has 1 unspecified atom stereocenters. The van der Waals surface area contributed by atoms with Crippen LogP contribution in [0.1, 0.15) is 37.3 Å². The Bertz CT molecular complexity index is 1630. The number of hydrogen-bond donors (Lipinski definition) is 2. The van der Waals surface area contributed by atoms with Crippen LogP contribution in [0.2, 0.25) is 0 Å². The number of thiazole rings is 1. The first-order valence-corrected chi connectivity index (χ1v) is 16.9. The van der Waals surface area contributed by atoms with E-state index in [1.807, 2.05) is 13.1 Å². The number of β-lactam (4-membered cyclic amide) rings is 1. The minimum atomic E-state index is -1.10. The molecule has 11 heteroatoms. The topological polar surface area (TPSA) is 86.1 Å². The molecule has 0 radical (unpaired) electrons. The largest absolute Gasteiger partial charge is 0.477 e. The summed E-state index contributed by atoms with van der Waals surface area (Å²) in [5.74, 6) is -2.15. The molecule has 2 aromatic heterocycles. The summed E-state index contributed by atoms with van der Waals surface area (Å²) in [7, 11) is 2.40. The van der Waals surface area contributed by atoms with E-state index in [1.54, 1.807) is 30.0 Å². The average molecular weight is 611 g/mol. The zero-order chi connectivity index (χ0) is 29.7. The number of carboxylic acid groups (broad SMARTS) is 1. The predicted molar refractivity (Wildman–Crippen MR) is 164 cm³/mol. The van der Waals surface area contributed by atoms with E-state index in [2.05, 4.69) is 59.8 Å². The van der Waals surface area contributed by atoms with Gasteiger partial charge in [0.2, 0.25) is 15.8 Å². The summed E-state index contributed by atoms with van der Waals surface area (Å²) < 4.78 is 6.74. The fourth-order valence-corrected chi connectivity index (χ4v) is 10.2. The molecule has 42 heavy (non-hydrogen) atoms. The number of carboxylic acids is 1. The maximum absolute atomic E-state index is 12.8. The molecule has 1 aromatic carbocycles. The lowest BCUT2D eigenvalue weighted by Crippen LogP contribution is -2.74. The molecule has 5 atom stereocenters. The van der Waals surface area contributed by atoms with Gasteiger partial charge in [0, 0.05) is 23.1 Å². The fraction of sp³-hybridized carbons (Fsp3) is 0.516. The number of imidazole rings is 1. The molecule has 9 nitrogen and oxygen atoms in total. The summed E-state index contributed by atoms with van der Waals surface area (Å²) in [6.45, 7) is 13.2. The second kappa shape index (κ2) is 9.65. The van der Waals surface area contributed by atoms with Gasteiger partial charge in [0.15, 0.2) is 0 Å². The first kappa shape index (κ1) is 28.1. The van der Waals surface area contributed by atoms with Gasteiger partial charge in [-0.15, -0.1) is 0 Å². The van der Waals surface area contributed by atoms with Gasteiger partial charge in [0.05, 0.1) is 30.0 Å². The molecule has 1 amide bonds. The van der Waals surface area contributed by atoms with Gasteiger partial charge in [-0.05, 0) is 26.2 Å². The van der Waals surface area contributed by atoms with Gasteiger partial charge in [-0.2, -0.15) is 4.40 Å². The Kier molecular flexibility index (Phi) is 6.46. The zero-order valence-corrected chi connectivity index (χ0v) is 26.5. The molecule has 0 aliphatic carbocycles. The standard InChI is InChI=1S/C31H39N5O4S2/c1-18-24(27(31(39)40)34-26(18)25(20(3)37)28(34)38)23-16-32-17-33(30(41-5)29(32)42-23)19(2)21-7-6-8-22(15-21)36-12-9-35(4,10-13-36)11-14-36/h6-8,15-20,25-26,37H,9-14H2,1-5H3/q+2/p+1/t18-,19?,20+,25+,26+,35?,36?/m0/s1. The van der Waals surface area contributed by atoms with Gasteiger partial charge in [0.25, 0.3) is 6.33 Å². The zero-order valence-electron chi connectivity index (χ0n) is 24.9. The van der Waals surface area contributed by atoms with Crippen molar-refractivity contribution >= 4 is 51.1 Å². The molecule has 4 fully saturated rings. The van der Waals surface area contributed by atoms with E-state index < -0.39 is 18.0 Å². The number of carbonyl (C=O) groups is 2. The number of fused-ring (bicyclic) bond motifs is 5. The van der Waals surface area contributed by atoms with Crippen LogP contribution >= 0.6 is 23.1 Å². The smallest absolute Gasteiger partial charge is 0.352 e. The summed E-state index contributed by atoms with van der Waals surface area (Å²) in [5, 5.41) is 21.5. The Hall–Kier alpha value is -2.70. The number of aliphatic hydroxyl groups is 1. The van der Waals surface area contributed by atoms with Crippen LogP contribution in [0.4, 0.5) is 5.69 Å². The van der Waals surface area contributed by atoms with Crippen molar-refractivity contribution in [3.05, 3.63) is 52.9 Å². The number of carbonyl (C=O) groups excluding carboxylic acids is 1. The fourth-order valence-electron chi connectivity index (χ4n) is 7.99. The van der Waals surface area contributed by atoms with Crippen molar-refractivity contribution in [1.29, 1.82) is 0 Å². The highest BCUT2D eigenvalue weighted by molar-refractivity contribution is 7.98. The van der Waals surface area contributed by atoms with Crippen LogP contribution in [-0.2, 0) is 9.59 Å². The molecule has 0 spiro atoms. The summed E-state index contributed by atoms with van der Waals surface area (Å²) in [5.41, 5.74) is 3.46. The summed E-state index contributed by atoms with van der Waals surface area (Å²) >= 11 is 3.27. The molecule has 8 rings (SSSR count). The van der Waals surface area contributed by atoms with E-state index >= 15 is 0 Å². The number of aromatic nitrogens is 2. The van der Waals surface area contributed by atoms with Crippen LogP contribution in [0.25, 0.3) is 10.4 Å². The number of thioether (sulfide) groups is 1. The highest BCUT2D eigenvalue weighted by Crippen LogP contribution is 2.51. The lowest BCUT2D eigenvalue weighted by Gasteiger charge is -2.53. The lowest BCUT2D eigenvalue weighted by molar-refractivity contribution is -0.922. The maximum Gasteiger partial charge on any atom is 0.352 e. The third-order valence-electron chi connectivity index (χ3n) is 10.7. The van der Waals surface area contributed by atoms with Gasteiger partial charge in [-0.1, -0.05) is 42.2 Å². The molecule has 0 saturated carbocycles. The van der Waals surface area contributed by atoms with Crippen molar-refractivity contribution in [2.75, 3.05) is 52.6 Å². The number of hydrogen-bond acceptors (Lipinski definition) is 5. The Morgan fingerprint density at radius 2 is 1.86 bits per heavy atom.